The van der Waals surface area contributed by atoms with Gasteiger partial charge in [0.25, 0.3) is 15.9 Å². The van der Waals surface area contributed by atoms with Gasteiger partial charge in [-0.25, -0.2) is 22.2 Å². The van der Waals surface area contributed by atoms with Crippen molar-refractivity contribution < 1.29 is 27.1 Å². The number of sulfonamides is 1. The standard InChI is InChI=1S/C23H22F2N4O4S/c24-16-4-9-20(25)19(15-16)22(30)23(31)29-13-11-28(12-14-29)17-5-7-18(8-6-17)34(32,33)27-21-3-1-2-10-26-21/h1-10,15,22,30H,11-14H2,(H,26,27). The quantitative estimate of drug-likeness (QED) is 0.553. The van der Waals surface area contributed by atoms with Crippen molar-refractivity contribution in [3.05, 3.63) is 84.1 Å². The lowest BCUT2D eigenvalue weighted by molar-refractivity contribution is -0.141. The van der Waals surface area contributed by atoms with Crippen LogP contribution >= 0.6 is 0 Å². The number of nitrogens with one attached hydrogen (secondary N) is 1. The first-order valence-corrected chi connectivity index (χ1v) is 11.9. The molecule has 1 aromatic heterocycles. The molecule has 1 amide bonds. The smallest absolute Gasteiger partial charge is 0.263 e. The second-order valence-electron chi connectivity index (χ2n) is 7.70. The molecule has 1 aliphatic heterocycles. The molecule has 1 saturated heterocycles. The molecule has 8 nitrogen and oxygen atoms in total. The summed E-state index contributed by atoms with van der Waals surface area (Å²) in [7, 11) is -3.79. The molecule has 3 aromatic rings. The van der Waals surface area contributed by atoms with Gasteiger partial charge in [-0.1, -0.05) is 6.07 Å². The minimum absolute atomic E-state index is 0.0796. The third-order valence-corrected chi connectivity index (χ3v) is 6.86. The summed E-state index contributed by atoms with van der Waals surface area (Å²) in [5, 5.41) is 10.3. The Hall–Kier alpha value is -3.57. The highest BCUT2D eigenvalue weighted by Crippen LogP contribution is 2.24. The largest absolute Gasteiger partial charge is 0.378 e. The first-order valence-electron chi connectivity index (χ1n) is 10.5. The van der Waals surface area contributed by atoms with Crippen LogP contribution in [0.4, 0.5) is 20.3 Å². The molecule has 4 rings (SSSR count). The Balaban J connectivity index is 1.37. The van der Waals surface area contributed by atoms with Gasteiger partial charge in [-0.3, -0.25) is 9.52 Å². The van der Waals surface area contributed by atoms with Crippen molar-refractivity contribution in [2.24, 2.45) is 0 Å². The summed E-state index contributed by atoms with van der Waals surface area (Å²) >= 11 is 0. The third kappa shape index (κ3) is 5.15. The van der Waals surface area contributed by atoms with Gasteiger partial charge in [0.2, 0.25) is 0 Å². The van der Waals surface area contributed by atoms with Crippen LogP contribution in [0.15, 0.2) is 71.8 Å². The van der Waals surface area contributed by atoms with Crippen LogP contribution in [-0.2, 0) is 14.8 Å². The number of aliphatic hydroxyl groups is 1. The van der Waals surface area contributed by atoms with Gasteiger partial charge in [0.15, 0.2) is 6.10 Å². The SMILES string of the molecule is O=C(C(O)c1cc(F)ccc1F)N1CCN(c2ccc(S(=O)(=O)Nc3ccccn3)cc2)CC1. The molecule has 0 bridgehead atoms. The highest BCUT2D eigenvalue weighted by atomic mass is 32.2. The van der Waals surface area contributed by atoms with E-state index in [1.165, 1.54) is 23.2 Å². The third-order valence-electron chi connectivity index (χ3n) is 5.49. The highest BCUT2D eigenvalue weighted by molar-refractivity contribution is 7.92. The second kappa shape index (κ2) is 9.74. The highest BCUT2D eigenvalue weighted by Gasteiger charge is 2.29. The van der Waals surface area contributed by atoms with Crippen LogP contribution in [0.5, 0.6) is 0 Å². The molecule has 0 saturated carbocycles. The number of hydrogen-bond donors (Lipinski definition) is 2. The molecule has 1 aliphatic rings. The van der Waals surface area contributed by atoms with Gasteiger partial charge in [-0.15, -0.1) is 0 Å². The maximum Gasteiger partial charge on any atom is 0.263 e. The number of pyridine rings is 1. The van der Waals surface area contributed by atoms with Crippen molar-refractivity contribution in [3.8, 4) is 0 Å². The molecular formula is C23H22F2N4O4S. The van der Waals surface area contributed by atoms with Gasteiger partial charge in [0, 0.05) is 43.6 Å². The number of rotatable bonds is 6. The zero-order chi connectivity index (χ0) is 24.3. The van der Waals surface area contributed by atoms with Crippen LogP contribution in [0.1, 0.15) is 11.7 Å². The van der Waals surface area contributed by atoms with Crippen molar-refractivity contribution in [1.29, 1.82) is 0 Å². The van der Waals surface area contributed by atoms with Gasteiger partial charge >= 0.3 is 0 Å². The minimum Gasteiger partial charge on any atom is -0.378 e. The van der Waals surface area contributed by atoms with Gasteiger partial charge in [-0.2, -0.15) is 0 Å². The summed E-state index contributed by atoms with van der Waals surface area (Å²) in [6.07, 6.45) is -0.308. The number of anilines is 2. The Labute approximate surface area is 195 Å². The van der Waals surface area contributed by atoms with E-state index in [4.69, 9.17) is 0 Å². The van der Waals surface area contributed by atoms with Crippen LogP contribution < -0.4 is 9.62 Å². The summed E-state index contributed by atoms with van der Waals surface area (Å²) in [5.74, 6) is -2.08. The van der Waals surface area contributed by atoms with Crippen LogP contribution in [0.2, 0.25) is 0 Å². The number of carbonyl (C=O) groups is 1. The summed E-state index contributed by atoms with van der Waals surface area (Å²) < 4.78 is 54.8. The second-order valence-corrected chi connectivity index (χ2v) is 9.38. The summed E-state index contributed by atoms with van der Waals surface area (Å²) in [5.41, 5.74) is 0.365. The molecule has 178 valence electrons. The zero-order valence-electron chi connectivity index (χ0n) is 17.9. The predicted octanol–water partition coefficient (Wildman–Crippen LogP) is 2.54. The van der Waals surface area contributed by atoms with Crippen molar-refractivity contribution in [2.75, 3.05) is 35.8 Å². The van der Waals surface area contributed by atoms with E-state index in [2.05, 4.69) is 9.71 Å². The van der Waals surface area contributed by atoms with E-state index in [1.807, 2.05) is 4.90 Å². The number of amides is 1. The van der Waals surface area contributed by atoms with E-state index in [0.717, 1.165) is 23.9 Å². The maximum absolute atomic E-state index is 13.9. The average molecular weight is 489 g/mol. The number of aliphatic hydroxyl groups excluding tert-OH is 1. The molecule has 34 heavy (non-hydrogen) atoms. The molecule has 2 aromatic carbocycles. The normalized spacial score (nSPS) is 15.1. The van der Waals surface area contributed by atoms with E-state index in [9.17, 15) is 27.1 Å². The van der Waals surface area contributed by atoms with E-state index in [1.54, 1.807) is 30.3 Å². The first-order chi connectivity index (χ1) is 16.2. The molecule has 0 aliphatic carbocycles. The van der Waals surface area contributed by atoms with E-state index >= 15 is 0 Å². The molecule has 11 heteroatoms. The lowest BCUT2D eigenvalue weighted by atomic mass is 10.1. The van der Waals surface area contributed by atoms with Crippen molar-refractivity contribution in [3.63, 3.8) is 0 Å². The van der Waals surface area contributed by atoms with Crippen molar-refractivity contribution in [2.45, 2.75) is 11.0 Å². The molecular weight excluding hydrogens is 466 g/mol. The van der Waals surface area contributed by atoms with E-state index in [-0.39, 0.29) is 23.8 Å². The maximum atomic E-state index is 13.9. The molecule has 0 radical (unpaired) electrons. The summed E-state index contributed by atoms with van der Waals surface area (Å²) in [6, 6.07) is 13.8. The van der Waals surface area contributed by atoms with Crippen molar-refractivity contribution in [1.82, 2.24) is 9.88 Å². The van der Waals surface area contributed by atoms with E-state index in [0.29, 0.717) is 13.1 Å². The summed E-state index contributed by atoms with van der Waals surface area (Å²) in [6.45, 7) is 1.35. The van der Waals surface area contributed by atoms with Crippen LogP contribution in [0.3, 0.4) is 0 Å². The Morgan fingerprint density at radius 1 is 1.00 bits per heavy atom. The van der Waals surface area contributed by atoms with Crippen LogP contribution in [0, 0.1) is 11.6 Å². The number of hydrogen-bond acceptors (Lipinski definition) is 6. The fourth-order valence-corrected chi connectivity index (χ4v) is 4.68. The molecule has 2 heterocycles. The van der Waals surface area contributed by atoms with Gasteiger partial charge < -0.3 is 14.9 Å². The number of aromatic nitrogens is 1. The van der Waals surface area contributed by atoms with Crippen molar-refractivity contribution >= 4 is 27.4 Å². The van der Waals surface area contributed by atoms with Crippen LogP contribution in [-0.4, -0.2) is 55.5 Å². The molecule has 1 fully saturated rings. The lowest BCUT2D eigenvalue weighted by Gasteiger charge is -2.37. The fourth-order valence-electron chi connectivity index (χ4n) is 3.67. The predicted molar refractivity (Wildman–Crippen MR) is 122 cm³/mol. The number of carbonyl (C=O) groups excluding carboxylic acids is 1. The zero-order valence-corrected chi connectivity index (χ0v) is 18.8. The monoisotopic (exact) mass is 488 g/mol. The Kier molecular flexibility index (Phi) is 6.75. The Morgan fingerprint density at radius 3 is 2.35 bits per heavy atom. The number of benzene rings is 2. The molecule has 0 spiro atoms. The molecule has 1 atom stereocenters. The van der Waals surface area contributed by atoms with Gasteiger partial charge in [0.05, 0.1) is 4.90 Å². The number of halogens is 2. The van der Waals surface area contributed by atoms with Crippen LogP contribution in [0.25, 0.3) is 0 Å². The van der Waals surface area contributed by atoms with E-state index < -0.39 is 39.2 Å². The lowest BCUT2D eigenvalue weighted by Crippen LogP contribution is -2.50. The summed E-state index contributed by atoms with van der Waals surface area (Å²) in [4.78, 5) is 20.0. The fraction of sp³-hybridized carbons (Fsp3) is 0.217. The Bertz CT molecular complexity index is 1270. The molecule has 2 N–H and O–H groups in total. The van der Waals surface area contributed by atoms with Gasteiger partial charge in [0.1, 0.15) is 17.5 Å². The average Bonchev–Trinajstić information content (AvgIpc) is 2.85. The first kappa shape index (κ1) is 23.6. The number of nitrogens with zero attached hydrogens (tertiary/aromatic N) is 3. The minimum atomic E-state index is -3.79. The molecule has 1 unspecified atom stereocenters. The topological polar surface area (TPSA) is 103 Å². The van der Waals surface area contributed by atoms with Gasteiger partial charge in [-0.05, 0) is 54.6 Å². The number of piperazine rings is 1. The Morgan fingerprint density at radius 2 is 1.71 bits per heavy atom.